The molecule has 0 bridgehead atoms. The number of ether oxygens (including phenoxy) is 1. The lowest BCUT2D eigenvalue weighted by Gasteiger charge is -2.72. The van der Waals surface area contributed by atoms with Crippen LogP contribution in [0.5, 0.6) is 0 Å². The van der Waals surface area contributed by atoms with Crippen molar-refractivity contribution in [1.82, 2.24) is 5.32 Å². The van der Waals surface area contributed by atoms with Crippen LogP contribution in [0.4, 0.5) is 0 Å². The number of nitrogens with one attached hydrogen (secondary N) is 1. The molecular weight excluding hydrogens is 638 g/mol. The number of fused-ring (bicyclic) bond motifs is 7. The van der Waals surface area contributed by atoms with E-state index >= 15 is 0 Å². The largest absolute Gasteiger partial charge is 0.481 e. The third-order valence-electron chi connectivity index (χ3n) is 16.8. The summed E-state index contributed by atoms with van der Waals surface area (Å²) in [6.07, 6.45) is 15.7. The van der Waals surface area contributed by atoms with Gasteiger partial charge in [-0.3, -0.25) is 19.2 Å². The fourth-order valence-electron chi connectivity index (χ4n) is 13.8. The molecule has 8 atom stereocenters. The molecule has 5 fully saturated rings. The van der Waals surface area contributed by atoms with E-state index in [2.05, 4.69) is 53.8 Å². The van der Waals surface area contributed by atoms with Gasteiger partial charge in [0.1, 0.15) is 6.10 Å². The normalized spacial score (nSPS) is 39.5. The van der Waals surface area contributed by atoms with Crippen molar-refractivity contribution < 1.29 is 29.0 Å². The molecule has 0 aromatic heterocycles. The quantitative estimate of drug-likeness (QED) is 0.231. The first-order valence-corrected chi connectivity index (χ1v) is 20.7. The van der Waals surface area contributed by atoms with Crippen LogP contribution in [-0.4, -0.2) is 40.9 Å². The van der Waals surface area contributed by atoms with Crippen molar-refractivity contribution >= 4 is 23.6 Å². The van der Waals surface area contributed by atoms with Crippen molar-refractivity contribution in [2.45, 2.75) is 184 Å². The summed E-state index contributed by atoms with van der Waals surface area (Å²) in [5.41, 5.74) is 1.25. The number of amides is 1. The van der Waals surface area contributed by atoms with E-state index in [1.807, 2.05) is 0 Å². The smallest absolute Gasteiger partial charge is 0.309 e. The maximum Gasteiger partial charge on any atom is 0.309 e. The van der Waals surface area contributed by atoms with Gasteiger partial charge in [0.05, 0.1) is 11.8 Å². The molecule has 2 N–H and O–H groups in total. The maximum absolute atomic E-state index is 14.0. The molecule has 0 aromatic rings. The summed E-state index contributed by atoms with van der Waals surface area (Å²) in [6, 6.07) is 0.313. The highest BCUT2D eigenvalue weighted by Crippen LogP contribution is 2.77. The lowest BCUT2D eigenvalue weighted by molar-refractivity contribution is -0.233. The highest BCUT2D eigenvalue weighted by Gasteiger charge is 2.70. The van der Waals surface area contributed by atoms with Crippen LogP contribution < -0.4 is 5.32 Å². The van der Waals surface area contributed by atoms with Crippen molar-refractivity contribution in [1.29, 1.82) is 0 Å². The number of carboxylic acid groups (broad SMARTS) is 1. The summed E-state index contributed by atoms with van der Waals surface area (Å²) in [5.74, 6) is 0.588. The van der Waals surface area contributed by atoms with Crippen molar-refractivity contribution in [3.8, 4) is 0 Å². The number of hydrogen-bond donors (Lipinski definition) is 2. The van der Waals surface area contributed by atoms with Gasteiger partial charge in [-0.2, -0.15) is 0 Å². The van der Waals surface area contributed by atoms with Crippen LogP contribution in [0.15, 0.2) is 11.1 Å². The maximum atomic E-state index is 14.0. The zero-order valence-corrected chi connectivity index (χ0v) is 33.5. The topological polar surface area (TPSA) is 110 Å². The van der Waals surface area contributed by atoms with Crippen LogP contribution in [0.1, 0.15) is 171 Å². The monoisotopic (exact) mass is 708 g/mol. The molecule has 0 spiro atoms. The number of carboxylic acids is 1. The Hall–Kier alpha value is -2.18. The van der Waals surface area contributed by atoms with E-state index < -0.39 is 17.4 Å². The first kappa shape index (κ1) is 38.5. The molecule has 0 aliphatic heterocycles. The van der Waals surface area contributed by atoms with Gasteiger partial charge in [-0.15, -0.1) is 0 Å². The molecule has 6 aliphatic rings. The van der Waals surface area contributed by atoms with Crippen LogP contribution >= 0.6 is 0 Å². The number of aliphatic carboxylic acids is 1. The Morgan fingerprint density at radius 3 is 2.20 bits per heavy atom. The van der Waals surface area contributed by atoms with Crippen LogP contribution in [0.2, 0.25) is 0 Å². The first-order valence-electron chi connectivity index (χ1n) is 20.7. The number of carbonyl (C=O) groups excluding carboxylic acids is 3. The standard InChI is InChI=1S/C44H69NO6/c1-27(2)36-30(46)25-44(22-19-34(47)45-28-13-11-10-12-14-28)24-23-42(8)29(37(36)44)15-16-32-41(7)20-18-33(51-35(48)26-39(3,4)38(49)50)40(5,6)31(41)17-21-43(32,42)9/h27-29,31-33H,10-26H2,1-9H3,(H,45,47)(H,49,50)/t29-,31+,32-,33+,41+,42-,43-,44+/m1/s1. The van der Waals surface area contributed by atoms with Crippen molar-refractivity contribution in [3.05, 3.63) is 11.1 Å². The lowest BCUT2D eigenvalue weighted by Crippen LogP contribution is -2.65. The SMILES string of the molecule is CC(C)C1=C2[C@H]3CC[C@@H]4[C@@]5(C)CC[C@H](OC(=O)CC(C)(C)C(=O)O)C(C)(C)[C@@H]5CC[C@@]4(C)[C@]3(C)CC[C@@]2(CCC(=O)NC2CCCCC2)CC1=O. The second-order valence-electron chi connectivity index (χ2n) is 20.6. The second-order valence-corrected chi connectivity index (χ2v) is 20.6. The Bertz CT molecular complexity index is 1450. The fraction of sp³-hybridized carbons (Fsp3) is 0.864. The van der Waals surface area contributed by atoms with Gasteiger partial charge >= 0.3 is 11.9 Å². The fourth-order valence-corrected chi connectivity index (χ4v) is 13.8. The average molecular weight is 708 g/mol. The first-order chi connectivity index (χ1) is 23.7. The van der Waals surface area contributed by atoms with E-state index in [1.165, 1.54) is 24.8 Å². The van der Waals surface area contributed by atoms with E-state index in [1.54, 1.807) is 13.8 Å². The number of allylic oxidation sites excluding steroid dienone is 2. The zero-order chi connectivity index (χ0) is 37.4. The van der Waals surface area contributed by atoms with Gasteiger partial charge in [0.25, 0.3) is 0 Å². The predicted octanol–water partition coefficient (Wildman–Crippen LogP) is 9.61. The summed E-state index contributed by atoms with van der Waals surface area (Å²) in [4.78, 5) is 52.2. The highest BCUT2D eigenvalue weighted by atomic mass is 16.5. The van der Waals surface area contributed by atoms with Gasteiger partial charge in [-0.05, 0) is 135 Å². The second kappa shape index (κ2) is 13.3. The minimum absolute atomic E-state index is 0.0632. The molecule has 7 heteroatoms. The van der Waals surface area contributed by atoms with E-state index in [0.717, 1.165) is 76.2 Å². The number of rotatable bonds is 9. The minimum Gasteiger partial charge on any atom is -0.481 e. The summed E-state index contributed by atoms with van der Waals surface area (Å²) < 4.78 is 6.17. The van der Waals surface area contributed by atoms with E-state index in [9.17, 15) is 24.3 Å². The van der Waals surface area contributed by atoms with Crippen molar-refractivity contribution in [3.63, 3.8) is 0 Å². The Balaban J connectivity index is 1.24. The Labute approximate surface area is 308 Å². The summed E-state index contributed by atoms with van der Waals surface area (Å²) in [7, 11) is 0. The molecule has 0 heterocycles. The predicted molar refractivity (Wildman–Crippen MR) is 200 cm³/mol. The Morgan fingerprint density at radius 2 is 1.55 bits per heavy atom. The van der Waals surface area contributed by atoms with Gasteiger partial charge < -0.3 is 15.2 Å². The molecule has 6 rings (SSSR count). The molecular formula is C44H69NO6. The summed E-state index contributed by atoms with van der Waals surface area (Å²) in [6.45, 7) is 19.9. The Morgan fingerprint density at radius 1 is 0.863 bits per heavy atom. The van der Waals surface area contributed by atoms with Crippen LogP contribution in [0.3, 0.4) is 0 Å². The van der Waals surface area contributed by atoms with Gasteiger partial charge in [-0.25, -0.2) is 0 Å². The van der Waals surface area contributed by atoms with E-state index in [0.29, 0.717) is 42.4 Å². The molecule has 1 amide bonds. The van der Waals surface area contributed by atoms with Gasteiger partial charge in [0.2, 0.25) is 5.91 Å². The number of ketones is 1. The van der Waals surface area contributed by atoms with Crippen LogP contribution in [0, 0.1) is 56.2 Å². The van der Waals surface area contributed by atoms with Gasteiger partial charge in [0.15, 0.2) is 5.78 Å². The lowest BCUT2D eigenvalue weighted by atomic mass is 9.33. The third-order valence-corrected chi connectivity index (χ3v) is 16.8. The van der Waals surface area contributed by atoms with Gasteiger partial charge in [-0.1, -0.05) is 73.3 Å². The van der Waals surface area contributed by atoms with E-state index in [4.69, 9.17) is 4.74 Å². The Kier molecular flexibility index (Phi) is 10.0. The molecule has 0 aromatic carbocycles. The highest BCUT2D eigenvalue weighted by molar-refractivity contribution is 6.00. The number of esters is 1. The summed E-state index contributed by atoms with van der Waals surface area (Å²) >= 11 is 0. The van der Waals surface area contributed by atoms with Crippen molar-refractivity contribution in [2.75, 3.05) is 0 Å². The molecule has 6 aliphatic carbocycles. The van der Waals surface area contributed by atoms with Crippen LogP contribution in [-0.2, 0) is 23.9 Å². The molecule has 51 heavy (non-hydrogen) atoms. The minimum atomic E-state index is -1.15. The average Bonchev–Trinajstić information content (AvgIpc) is 3.34. The third kappa shape index (κ3) is 6.24. The zero-order valence-electron chi connectivity index (χ0n) is 33.5. The van der Waals surface area contributed by atoms with Gasteiger partial charge in [0, 0.05) is 24.3 Å². The molecule has 0 saturated heterocycles. The number of Topliss-reactive ketones (excluding diaryl/α,β-unsaturated/α-hetero) is 1. The van der Waals surface area contributed by atoms with E-state index in [-0.39, 0.29) is 51.4 Å². The van der Waals surface area contributed by atoms with Crippen LogP contribution in [0.25, 0.3) is 0 Å². The summed E-state index contributed by atoms with van der Waals surface area (Å²) in [5, 5.41) is 13.0. The molecule has 0 unspecified atom stereocenters. The molecule has 5 saturated carbocycles. The molecule has 7 nitrogen and oxygen atoms in total. The molecule has 286 valence electrons. The number of hydrogen-bond acceptors (Lipinski definition) is 5. The molecule has 0 radical (unpaired) electrons. The van der Waals surface area contributed by atoms with Crippen molar-refractivity contribution in [2.24, 2.45) is 56.2 Å². The number of carbonyl (C=O) groups is 4.